The largest absolute Gasteiger partial charge is 0.462 e. The molecule has 1 rings (SSSR count). The molecule has 4 nitrogen and oxygen atoms in total. The molecule has 0 aliphatic carbocycles. The molecule has 0 atom stereocenters. The van der Waals surface area contributed by atoms with Crippen LogP contribution in [-0.4, -0.2) is 21.0 Å². The number of carbonyl (C=O) groups excluding carboxylic acids is 1. The summed E-state index contributed by atoms with van der Waals surface area (Å²) in [5.41, 5.74) is -1.06. The monoisotopic (exact) mass is 298 g/mol. The molecule has 0 heterocycles. The molecular formula is C10H9ClF2O4S. The smallest absolute Gasteiger partial charge is 0.344 e. The van der Waals surface area contributed by atoms with Crippen LogP contribution in [0.2, 0.25) is 0 Å². The normalized spacial score (nSPS) is 11.3. The second kappa shape index (κ2) is 5.62. The number of ether oxygens (including phenoxy) is 1. The second-order valence-electron chi connectivity index (χ2n) is 3.31. The van der Waals surface area contributed by atoms with Gasteiger partial charge in [-0.3, -0.25) is 0 Å². The van der Waals surface area contributed by atoms with Gasteiger partial charge in [0, 0.05) is 10.7 Å². The van der Waals surface area contributed by atoms with Gasteiger partial charge in [0.2, 0.25) is 0 Å². The fourth-order valence-corrected chi connectivity index (χ4v) is 2.08. The lowest BCUT2D eigenvalue weighted by Crippen LogP contribution is -2.13. The van der Waals surface area contributed by atoms with Crippen LogP contribution in [0, 0.1) is 11.6 Å². The number of esters is 1. The van der Waals surface area contributed by atoms with Crippen LogP contribution in [0.1, 0.15) is 23.7 Å². The first-order valence-corrected chi connectivity index (χ1v) is 7.19. The van der Waals surface area contributed by atoms with Crippen molar-refractivity contribution in [3.63, 3.8) is 0 Å². The quantitative estimate of drug-likeness (QED) is 0.633. The van der Waals surface area contributed by atoms with Gasteiger partial charge in [0.15, 0.2) is 5.82 Å². The lowest BCUT2D eigenvalue weighted by Gasteiger charge is -2.07. The Labute approximate surface area is 107 Å². The van der Waals surface area contributed by atoms with E-state index in [1.54, 1.807) is 6.92 Å². The number of carbonyl (C=O) groups is 1. The van der Waals surface area contributed by atoms with Gasteiger partial charge < -0.3 is 4.74 Å². The van der Waals surface area contributed by atoms with Crippen molar-refractivity contribution in [1.29, 1.82) is 0 Å². The van der Waals surface area contributed by atoms with E-state index < -0.39 is 37.1 Å². The standard InChI is InChI=1S/C10H9ClF2O4S/c1-2-5-17-10(14)8-6(12)3-4-7(9(8)13)18(11,15)16/h3-4H,2,5H2,1H3. The topological polar surface area (TPSA) is 60.4 Å². The van der Waals surface area contributed by atoms with Crippen molar-refractivity contribution < 1.29 is 26.7 Å². The Kier molecular flexibility index (Phi) is 4.64. The Bertz CT molecular complexity index is 571. The van der Waals surface area contributed by atoms with Gasteiger partial charge in [-0.25, -0.2) is 22.0 Å². The van der Waals surface area contributed by atoms with Crippen molar-refractivity contribution in [1.82, 2.24) is 0 Å². The molecule has 18 heavy (non-hydrogen) atoms. The summed E-state index contributed by atoms with van der Waals surface area (Å²) < 4.78 is 53.6. The second-order valence-corrected chi connectivity index (χ2v) is 5.84. The summed E-state index contributed by atoms with van der Waals surface area (Å²) in [4.78, 5) is 10.4. The molecular weight excluding hydrogens is 290 g/mol. The maximum absolute atomic E-state index is 13.7. The van der Waals surface area contributed by atoms with E-state index in [9.17, 15) is 22.0 Å². The molecule has 1 aromatic rings. The summed E-state index contributed by atoms with van der Waals surface area (Å²) in [6.45, 7) is 1.66. The minimum absolute atomic E-state index is 0.0322. The van der Waals surface area contributed by atoms with Crippen molar-refractivity contribution in [2.24, 2.45) is 0 Å². The van der Waals surface area contributed by atoms with Gasteiger partial charge >= 0.3 is 5.97 Å². The van der Waals surface area contributed by atoms with Crippen molar-refractivity contribution in [2.45, 2.75) is 18.2 Å². The Balaban J connectivity index is 3.31. The SMILES string of the molecule is CCCOC(=O)c1c(F)ccc(S(=O)(=O)Cl)c1F. The van der Waals surface area contributed by atoms with Crippen molar-refractivity contribution in [3.05, 3.63) is 29.3 Å². The van der Waals surface area contributed by atoms with Crippen LogP contribution in [-0.2, 0) is 13.8 Å². The Hall–Kier alpha value is -1.21. The highest BCUT2D eigenvalue weighted by molar-refractivity contribution is 8.13. The fourth-order valence-electron chi connectivity index (χ4n) is 1.18. The van der Waals surface area contributed by atoms with Gasteiger partial charge in [0.1, 0.15) is 16.3 Å². The van der Waals surface area contributed by atoms with Crippen LogP contribution in [0.15, 0.2) is 17.0 Å². The molecule has 0 aromatic heterocycles. The van der Waals surface area contributed by atoms with E-state index in [0.29, 0.717) is 18.6 Å². The maximum atomic E-state index is 13.7. The van der Waals surface area contributed by atoms with Crippen molar-refractivity contribution in [2.75, 3.05) is 6.61 Å². The number of rotatable bonds is 4. The molecule has 0 unspecified atom stereocenters. The molecule has 100 valence electrons. The molecule has 0 bridgehead atoms. The van der Waals surface area contributed by atoms with E-state index in [1.165, 1.54) is 0 Å². The maximum Gasteiger partial charge on any atom is 0.344 e. The van der Waals surface area contributed by atoms with Crippen LogP contribution in [0.5, 0.6) is 0 Å². The molecule has 0 aliphatic rings. The number of benzene rings is 1. The minimum atomic E-state index is -4.40. The summed E-state index contributed by atoms with van der Waals surface area (Å²) in [5.74, 6) is -4.03. The number of hydrogen-bond donors (Lipinski definition) is 0. The zero-order chi connectivity index (χ0) is 13.9. The zero-order valence-corrected chi connectivity index (χ0v) is 10.8. The van der Waals surface area contributed by atoms with Gasteiger partial charge in [0.05, 0.1) is 6.61 Å². The molecule has 0 radical (unpaired) electrons. The average Bonchev–Trinajstić information content (AvgIpc) is 2.24. The molecule has 1 aromatic carbocycles. The van der Waals surface area contributed by atoms with E-state index in [-0.39, 0.29) is 6.61 Å². The van der Waals surface area contributed by atoms with Gasteiger partial charge in [0.25, 0.3) is 9.05 Å². The predicted octanol–water partition coefficient (Wildman–Crippen LogP) is 2.46. The van der Waals surface area contributed by atoms with Crippen LogP contribution < -0.4 is 0 Å². The van der Waals surface area contributed by atoms with Crippen LogP contribution in [0.4, 0.5) is 8.78 Å². The molecule has 0 aliphatic heterocycles. The van der Waals surface area contributed by atoms with E-state index in [4.69, 9.17) is 10.7 Å². The lowest BCUT2D eigenvalue weighted by atomic mass is 10.2. The zero-order valence-electron chi connectivity index (χ0n) is 9.24. The molecule has 0 fully saturated rings. The third-order valence-corrected chi connectivity index (χ3v) is 3.30. The summed E-state index contributed by atoms with van der Waals surface area (Å²) in [7, 11) is 0.551. The highest BCUT2D eigenvalue weighted by Gasteiger charge is 2.26. The Morgan fingerprint density at radius 2 is 2.00 bits per heavy atom. The highest BCUT2D eigenvalue weighted by atomic mass is 35.7. The first-order valence-electron chi connectivity index (χ1n) is 4.88. The number of halogens is 3. The van der Waals surface area contributed by atoms with Gasteiger partial charge in [-0.2, -0.15) is 0 Å². The van der Waals surface area contributed by atoms with E-state index >= 15 is 0 Å². The predicted molar refractivity (Wildman–Crippen MR) is 60.0 cm³/mol. The van der Waals surface area contributed by atoms with Crippen molar-refractivity contribution in [3.8, 4) is 0 Å². The third kappa shape index (κ3) is 3.17. The van der Waals surface area contributed by atoms with Gasteiger partial charge in [-0.1, -0.05) is 6.92 Å². The molecule has 0 spiro atoms. The first kappa shape index (κ1) is 14.8. The molecule has 0 saturated carbocycles. The fraction of sp³-hybridized carbons (Fsp3) is 0.300. The summed E-state index contributed by atoms with van der Waals surface area (Å²) in [6, 6.07) is 1.28. The summed E-state index contributed by atoms with van der Waals surface area (Å²) >= 11 is 0. The van der Waals surface area contributed by atoms with Crippen LogP contribution in [0.3, 0.4) is 0 Å². The van der Waals surface area contributed by atoms with Crippen molar-refractivity contribution >= 4 is 25.7 Å². The number of hydrogen-bond acceptors (Lipinski definition) is 4. The molecule has 0 N–H and O–H groups in total. The van der Waals surface area contributed by atoms with Gasteiger partial charge in [-0.15, -0.1) is 0 Å². The third-order valence-electron chi connectivity index (χ3n) is 1.96. The minimum Gasteiger partial charge on any atom is -0.462 e. The molecule has 0 amide bonds. The van der Waals surface area contributed by atoms with Crippen LogP contribution >= 0.6 is 10.7 Å². The Morgan fingerprint density at radius 1 is 1.39 bits per heavy atom. The molecule has 8 heteroatoms. The van der Waals surface area contributed by atoms with E-state index in [0.717, 1.165) is 0 Å². The van der Waals surface area contributed by atoms with E-state index in [2.05, 4.69) is 4.74 Å². The lowest BCUT2D eigenvalue weighted by molar-refractivity contribution is 0.0493. The molecule has 0 saturated heterocycles. The highest BCUT2D eigenvalue weighted by Crippen LogP contribution is 2.24. The van der Waals surface area contributed by atoms with Crippen LogP contribution in [0.25, 0.3) is 0 Å². The first-order chi connectivity index (χ1) is 8.29. The summed E-state index contributed by atoms with van der Waals surface area (Å²) in [6.07, 6.45) is 0.461. The Morgan fingerprint density at radius 3 is 2.50 bits per heavy atom. The van der Waals surface area contributed by atoms with Gasteiger partial charge in [-0.05, 0) is 18.6 Å². The summed E-state index contributed by atoms with van der Waals surface area (Å²) in [5, 5.41) is 0. The average molecular weight is 299 g/mol. The van der Waals surface area contributed by atoms with E-state index in [1.807, 2.05) is 0 Å².